The Hall–Kier alpha value is -0.730. The molecule has 1 aliphatic rings. The third-order valence-electron chi connectivity index (χ3n) is 3.17. The van der Waals surface area contributed by atoms with E-state index in [0.717, 1.165) is 35.8 Å². The SMILES string of the molecule is Cc1ccc(OC2CCCNC2)c(Cl)c1C. The molecule has 1 aromatic carbocycles. The lowest BCUT2D eigenvalue weighted by molar-refractivity contribution is 0.167. The third-order valence-corrected chi connectivity index (χ3v) is 3.64. The quantitative estimate of drug-likeness (QED) is 0.857. The Kier molecular flexibility index (Phi) is 3.72. The van der Waals surface area contributed by atoms with E-state index in [0.29, 0.717) is 0 Å². The van der Waals surface area contributed by atoms with Crippen LogP contribution >= 0.6 is 11.6 Å². The van der Waals surface area contributed by atoms with Gasteiger partial charge in [0, 0.05) is 6.54 Å². The van der Waals surface area contributed by atoms with Gasteiger partial charge < -0.3 is 10.1 Å². The van der Waals surface area contributed by atoms with Crippen molar-refractivity contribution in [3.8, 4) is 5.75 Å². The highest BCUT2D eigenvalue weighted by molar-refractivity contribution is 6.32. The molecule has 0 aromatic heterocycles. The van der Waals surface area contributed by atoms with Gasteiger partial charge in [0.25, 0.3) is 0 Å². The predicted molar refractivity (Wildman–Crippen MR) is 67.4 cm³/mol. The Morgan fingerprint density at radius 1 is 1.38 bits per heavy atom. The maximum absolute atomic E-state index is 6.27. The summed E-state index contributed by atoms with van der Waals surface area (Å²) in [6.45, 7) is 6.11. The molecule has 1 aliphatic heterocycles. The van der Waals surface area contributed by atoms with Crippen LogP contribution in [0.25, 0.3) is 0 Å². The van der Waals surface area contributed by atoms with Crippen LogP contribution in [0.3, 0.4) is 0 Å². The van der Waals surface area contributed by atoms with E-state index in [1.54, 1.807) is 0 Å². The zero-order chi connectivity index (χ0) is 11.5. The molecule has 2 rings (SSSR count). The van der Waals surface area contributed by atoms with Crippen molar-refractivity contribution in [3.05, 3.63) is 28.3 Å². The third kappa shape index (κ3) is 2.50. The Bertz CT molecular complexity index is 372. The molecule has 0 radical (unpaired) electrons. The number of benzene rings is 1. The summed E-state index contributed by atoms with van der Waals surface area (Å²) >= 11 is 6.27. The first-order chi connectivity index (χ1) is 7.68. The lowest BCUT2D eigenvalue weighted by Gasteiger charge is -2.24. The second-order valence-electron chi connectivity index (χ2n) is 4.41. The van der Waals surface area contributed by atoms with Gasteiger partial charge in [0.05, 0.1) is 5.02 Å². The lowest BCUT2D eigenvalue weighted by atomic mass is 10.1. The molecule has 0 saturated carbocycles. The zero-order valence-electron chi connectivity index (χ0n) is 9.85. The predicted octanol–water partition coefficient (Wildman–Crippen LogP) is 3.09. The molecule has 2 nitrogen and oxygen atoms in total. The topological polar surface area (TPSA) is 21.3 Å². The summed E-state index contributed by atoms with van der Waals surface area (Å²) in [7, 11) is 0. The summed E-state index contributed by atoms with van der Waals surface area (Å²) in [6, 6.07) is 4.03. The summed E-state index contributed by atoms with van der Waals surface area (Å²) in [5, 5.41) is 4.09. The normalized spacial score (nSPS) is 20.8. The van der Waals surface area contributed by atoms with Gasteiger partial charge in [-0.2, -0.15) is 0 Å². The first-order valence-electron chi connectivity index (χ1n) is 5.81. The lowest BCUT2D eigenvalue weighted by Crippen LogP contribution is -2.37. The van der Waals surface area contributed by atoms with Gasteiger partial charge in [-0.3, -0.25) is 0 Å². The van der Waals surface area contributed by atoms with Gasteiger partial charge in [-0.25, -0.2) is 0 Å². The number of rotatable bonds is 2. The molecule has 0 spiro atoms. The van der Waals surface area contributed by atoms with E-state index in [9.17, 15) is 0 Å². The minimum absolute atomic E-state index is 0.258. The standard InChI is InChI=1S/C13H18ClNO/c1-9-5-6-12(13(14)10(9)2)16-11-4-3-7-15-8-11/h5-6,11,15H,3-4,7-8H2,1-2H3. The van der Waals surface area contributed by atoms with Crippen LogP contribution in [0.15, 0.2) is 12.1 Å². The second-order valence-corrected chi connectivity index (χ2v) is 4.78. The van der Waals surface area contributed by atoms with Crippen molar-refractivity contribution in [1.82, 2.24) is 5.32 Å². The van der Waals surface area contributed by atoms with Gasteiger partial charge in [-0.1, -0.05) is 17.7 Å². The summed E-state index contributed by atoms with van der Waals surface area (Å²) in [6.07, 6.45) is 2.54. The molecule has 1 aromatic rings. The molecule has 16 heavy (non-hydrogen) atoms. The van der Waals surface area contributed by atoms with Crippen molar-refractivity contribution in [1.29, 1.82) is 0 Å². The van der Waals surface area contributed by atoms with Gasteiger partial charge in [-0.05, 0) is 50.4 Å². The van der Waals surface area contributed by atoms with Gasteiger partial charge in [0.1, 0.15) is 11.9 Å². The van der Waals surface area contributed by atoms with Crippen LogP contribution in [0.5, 0.6) is 5.75 Å². The molecule has 0 amide bonds. The highest BCUT2D eigenvalue weighted by atomic mass is 35.5. The van der Waals surface area contributed by atoms with Gasteiger partial charge >= 0.3 is 0 Å². The van der Waals surface area contributed by atoms with E-state index < -0.39 is 0 Å². The number of aryl methyl sites for hydroxylation is 1. The highest BCUT2D eigenvalue weighted by Gasteiger charge is 2.16. The maximum Gasteiger partial charge on any atom is 0.138 e. The van der Waals surface area contributed by atoms with Gasteiger partial charge in [0.15, 0.2) is 0 Å². The minimum atomic E-state index is 0.258. The van der Waals surface area contributed by atoms with Crippen LogP contribution in [0.4, 0.5) is 0 Å². The van der Waals surface area contributed by atoms with E-state index in [4.69, 9.17) is 16.3 Å². The average molecular weight is 240 g/mol. The van der Waals surface area contributed by atoms with E-state index in [1.807, 2.05) is 13.0 Å². The molecule has 88 valence electrons. The second kappa shape index (κ2) is 5.07. The molecular weight excluding hydrogens is 222 g/mol. The largest absolute Gasteiger partial charge is 0.488 e. The summed E-state index contributed by atoms with van der Waals surface area (Å²) < 4.78 is 5.93. The monoisotopic (exact) mass is 239 g/mol. The number of nitrogens with one attached hydrogen (secondary N) is 1. The minimum Gasteiger partial charge on any atom is -0.488 e. The fourth-order valence-corrected chi connectivity index (χ4v) is 2.20. The molecular formula is C13H18ClNO. The van der Waals surface area contributed by atoms with Crippen LogP contribution in [0, 0.1) is 13.8 Å². The molecule has 1 unspecified atom stereocenters. The summed E-state index contributed by atoms with van der Waals surface area (Å²) in [5.74, 6) is 0.818. The summed E-state index contributed by atoms with van der Waals surface area (Å²) in [5.41, 5.74) is 2.32. The Morgan fingerprint density at radius 2 is 2.19 bits per heavy atom. The van der Waals surface area contributed by atoms with Crippen molar-refractivity contribution in [2.24, 2.45) is 0 Å². The Labute approximate surface area is 102 Å². The highest BCUT2D eigenvalue weighted by Crippen LogP contribution is 2.31. The van der Waals surface area contributed by atoms with Crippen molar-refractivity contribution < 1.29 is 4.74 Å². The molecule has 1 N–H and O–H groups in total. The smallest absolute Gasteiger partial charge is 0.138 e. The van der Waals surface area contributed by atoms with E-state index in [1.165, 1.54) is 12.0 Å². The van der Waals surface area contributed by atoms with Gasteiger partial charge in [0.2, 0.25) is 0 Å². The fraction of sp³-hybridized carbons (Fsp3) is 0.538. The van der Waals surface area contributed by atoms with Crippen molar-refractivity contribution in [3.63, 3.8) is 0 Å². The van der Waals surface area contributed by atoms with Crippen LogP contribution in [-0.4, -0.2) is 19.2 Å². The summed E-state index contributed by atoms with van der Waals surface area (Å²) in [4.78, 5) is 0. The van der Waals surface area contributed by atoms with Crippen molar-refractivity contribution >= 4 is 11.6 Å². The number of halogens is 1. The first kappa shape index (κ1) is 11.7. The Morgan fingerprint density at radius 3 is 2.88 bits per heavy atom. The molecule has 0 bridgehead atoms. The van der Waals surface area contributed by atoms with Crippen LogP contribution in [-0.2, 0) is 0 Å². The molecule has 1 fully saturated rings. The number of hydrogen-bond acceptors (Lipinski definition) is 2. The van der Waals surface area contributed by atoms with Crippen LogP contribution < -0.4 is 10.1 Å². The Balaban J connectivity index is 2.11. The number of ether oxygens (including phenoxy) is 1. The molecule has 3 heteroatoms. The maximum atomic E-state index is 6.27. The van der Waals surface area contributed by atoms with E-state index >= 15 is 0 Å². The molecule has 1 saturated heterocycles. The number of piperidine rings is 1. The number of hydrogen-bond donors (Lipinski definition) is 1. The van der Waals surface area contributed by atoms with Crippen molar-refractivity contribution in [2.75, 3.05) is 13.1 Å². The van der Waals surface area contributed by atoms with Crippen molar-refractivity contribution in [2.45, 2.75) is 32.8 Å². The molecule has 0 aliphatic carbocycles. The molecule has 1 heterocycles. The average Bonchev–Trinajstić information content (AvgIpc) is 2.31. The van der Waals surface area contributed by atoms with Crippen LogP contribution in [0.2, 0.25) is 5.02 Å². The van der Waals surface area contributed by atoms with Gasteiger partial charge in [-0.15, -0.1) is 0 Å². The van der Waals surface area contributed by atoms with E-state index in [2.05, 4.69) is 18.3 Å². The molecule has 1 atom stereocenters. The van der Waals surface area contributed by atoms with Crippen LogP contribution in [0.1, 0.15) is 24.0 Å². The fourth-order valence-electron chi connectivity index (χ4n) is 1.95. The van der Waals surface area contributed by atoms with E-state index in [-0.39, 0.29) is 6.10 Å². The zero-order valence-corrected chi connectivity index (χ0v) is 10.6. The first-order valence-corrected chi connectivity index (χ1v) is 6.19.